The van der Waals surface area contributed by atoms with Gasteiger partial charge in [-0.25, -0.2) is 0 Å². The lowest BCUT2D eigenvalue weighted by Gasteiger charge is -2.19. The van der Waals surface area contributed by atoms with E-state index in [-0.39, 0.29) is 5.69 Å². The number of aldehydes is 1. The summed E-state index contributed by atoms with van der Waals surface area (Å²) < 4.78 is 0. The normalized spacial score (nSPS) is 10.7. The van der Waals surface area contributed by atoms with Crippen molar-refractivity contribution in [2.45, 2.75) is 13.8 Å². The fraction of sp³-hybridized carbons (Fsp3) is 0.273. The number of hydrogen-bond acceptors (Lipinski definition) is 4. The SMILES string of the molecule is CC(C)(C=O)C(=S)Nc1ccc([N+](=O)[O-])cc1. The number of thiocarbonyl (C=S) groups is 1. The van der Waals surface area contributed by atoms with Crippen LogP contribution in [0.2, 0.25) is 0 Å². The smallest absolute Gasteiger partial charge is 0.269 e. The highest BCUT2D eigenvalue weighted by atomic mass is 32.1. The molecule has 1 N–H and O–H groups in total. The Bertz CT molecular complexity index is 454. The maximum absolute atomic E-state index is 10.8. The third-order valence-corrected chi connectivity index (χ3v) is 2.84. The highest BCUT2D eigenvalue weighted by molar-refractivity contribution is 7.80. The number of nitro groups is 1. The lowest BCUT2D eigenvalue weighted by molar-refractivity contribution is -0.384. The average molecular weight is 252 g/mol. The second-order valence-corrected chi connectivity index (χ2v) is 4.51. The number of nitrogens with one attached hydrogen (secondary N) is 1. The van der Waals surface area contributed by atoms with Crippen LogP contribution < -0.4 is 5.32 Å². The van der Waals surface area contributed by atoms with Crippen LogP contribution in [0.25, 0.3) is 0 Å². The fourth-order valence-electron chi connectivity index (χ4n) is 1.01. The van der Waals surface area contributed by atoms with Gasteiger partial charge in [0.05, 0.1) is 15.3 Å². The summed E-state index contributed by atoms with van der Waals surface area (Å²) in [5.74, 6) is 0. The van der Waals surface area contributed by atoms with Crippen molar-refractivity contribution in [3.8, 4) is 0 Å². The summed E-state index contributed by atoms with van der Waals surface area (Å²) in [6.07, 6.45) is 0.758. The van der Waals surface area contributed by atoms with Crippen LogP contribution in [0.4, 0.5) is 11.4 Å². The van der Waals surface area contributed by atoms with Crippen molar-refractivity contribution >= 4 is 34.9 Å². The molecule has 1 rings (SSSR count). The summed E-state index contributed by atoms with van der Waals surface area (Å²) in [4.78, 5) is 21.1. The molecule has 0 aliphatic carbocycles. The number of anilines is 1. The Hall–Kier alpha value is -1.82. The molecule has 0 saturated carbocycles. The second-order valence-electron chi connectivity index (χ2n) is 4.10. The number of carbonyl (C=O) groups excluding carboxylic acids is 1. The van der Waals surface area contributed by atoms with Gasteiger partial charge in [0.15, 0.2) is 0 Å². The van der Waals surface area contributed by atoms with Gasteiger partial charge in [-0.05, 0) is 26.0 Å². The molecule has 0 radical (unpaired) electrons. The quantitative estimate of drug-likeness (QED) is 0.386. The van der Waals surface area contributed by atoms with Crippen LogP contribution in [0.1, 0.15) is 13.8 Å². The van der Waals surface area contributed by atoms with Gasteiger partial charge in [0.25, 0.3) is 5.69 Å². The van der Waals surface area contributed by atoms with Crippen molar-refractivity contribution < 1.29 is 9.72 Å². The molecular formula is C11H12N2O3S. The minimum Gasteiger partial charge on any atom is -0.349 e. The summed E-state index contributed by atoms with van der Waals surface area (Å²) in [5.41, 5.74) is -0.122. The van der Waals surface area contributed by atoms with Crippen molar-refractivity contribution in [1.82, 2.24) is 0 Å². The first-order valence-electron chi connectivity index (χ1n) is 4.89. The maximum Gasteiger partial charge on any atom is 0.269 e. The van der Waals surface area contributed by atoms with Crippen molar-refractivity contribution in [2.24, 2.45) is 5.41 Å². The Balaban J connectivity index is 2.80. The summed E-state index contributed by atoms with van der Waals surface area (Å²) in [6.45, 7) is 3.39. The lowest BCUT2D eigenvalue weighted by atomic mass is 9.95. The summed E-state index contributed by atoms with van der Waals surface area (Å²) in [7, 11) is 0. The van der Waals surface area contributed by atoms with Crippen molar-refractivity contribution in [1.29, 1.82) is 0 Å². The molecule has 0 heterocycles. The molecule has 0 saturated heterocycles. The summed E-state index contributed by atoms with van der Waals surface area (Å²) >= 11 is 5.08. The van der Waals surface area contributed by atoms with E-state index in [4.69, 9.17) is 12.2 Å². The van der Waals surface area contributed by atoms with Crippen molar-refractivity contribution in [3.63, 3.8) is 0 Å². The molecule has 0 unspecified atom stereocenters. The van der Waals surface area contributed by atoms with E-state index >= 15 is 0 Å². The third-order valence-electron chi connectivity index (χ3n) is 2.22. The van der Waals surface area contributed by atoms with E-state index in [1.807, 2.05) is 0 Å². The Morgan fingerprint density at radius 3 is 2.35 bits per heavy atom. The van der Waals surface area contributed by atoms with Gasteiger partial charge in [-0.15, -0.1) is 0 Å². The Kier molecular flexibility index (Phi) is 3.90. The zero-order chi connectivity index (χ0) is 13.1. The van der Waals surface area contributed by atoms with Crippen LogP contribution in [0, 0.1) is 15.5 Å². The number of nitrogens with zero attached hydrogens (tertiary/aromatic N) is 1. The van der Waals surface area contributed by atoms with Crippen molar-refractivity contribution in [2.75, 3.05) is 5.32 Å². The van der Waals surface area contributed by atoms with Gasteiger partial charge in [0.2, 0.25) is 0 Å². The number of benzene rings is 1. The topological polar surface area (TPSA) is 72.2 Å². The minimum atomic E-state index is -0.753. The van der Waals surface area contributed by atoms with E-state index in [1.54, 1.807) is 26.0 Å². The molecule has 90 valence electrons. The number of non-ortho nitro benzene ring substituents is 1. The first-order valence-corrected chi connectivity index (χ1v) is 5.30. The average Bonchev–Trinajstić information content (AvgIpc) is 2.29. The van der Waals surface area contributed by atoms with Gasteiger partial charge in [-0.1, -0.05) is 12.2 Å². The molecular weight excluding hydrogens is 240 g/mol. The highest BCUT2D eigenvalue weighted by Gasteiger charge is 2.22. The van der Waals surface area contributed by atoms with Crippen LogP contribution >= 0.6 is 12.2 Å². The first kappa shape index (κ1) is 13.2. The van der Waals surface area contributed by atoms with E-state index in [0.717, 1.165) is 6.29 Å². The summed E-state index contributed by atoms with van der Waals surface area (Å²) in [6, 6.07) is 5.84. The predicted molar refractivity (Wildman–Crippen MR) is 69.2 cm³/mol. The fourth-order valence-corrected chi connectivity index (χ4v) is 1.18. The van der Waals surface area contributed by atoms with Crippen LogP contribution in [0.3, 0.4) is 0 Å². The molecule has 0 amide bonds. The van der Waals surface area contributed by atoms with E-state index in [0.29, 0.717) is 10.7 Å². The Morgan fingerprint density at radius 1 is 1.41 bits per heavy atom. The Morgan fingerprint density at radius 2 is 1.94 bits per heavy atom. The molecule has 0 atom stereocenters. The van der Waals surface area contributed by atoms with Crippen LogP contribution in [-0.4, -0.2) is 16.2 Å². The van der Waals surface area contributed by atoms with Gasteiger partial charge >= 0.3 is 0 Å². The molecule has 0 aromatic heterocycles. The molecule has 17 heavy (non-hydrogen) atoms. The van der Waals surface area contributed by atoms with Gasteiger partial charge in [-0.2, -0.15) is 0 Å². The molecule has 0 aliphatic heterocycles. The number of carbonyl (C=O) groups is 1. The number of rotatable bonds is 4. The molecule has 1 aromatic carbocycles. The lowest BCUT2D eigenvalue weighted by Crippen LogP contribution is -2.30. The molecule has 1 aromatic rings. The largest absolute Gasteiger partial charge is 0.349 e. The Labute approximate surface area is 104 Å². The van der Waals surface area contributed by atoms with Crippen LogP contribution in [0.15, 0.2) is 24.3 Å². The van der Waals surface area contributed by atoms with Crippen molar-refractivity contribution in [3.05, 3.63) is 34.4 Å². The summed E-state index contributed by atoms with van der Waals surface area (Å²) in [5, 5.41) is 13.3. The van der Waals surface area contributed by atoms with Gasteiger partial charge in [0, 0.05) is 17.8 Å². The standard InChI is InChI=1S/C11H12N2O3S/c1-11(2,7-14)10(17)12-8-3-5-9(6-4-8)13(15)16/h3-7H,1-2H3,(H,12,17). The predicted octanol–water partition coefficient (Wildman–Crippen LogP) is 2.56. The molecule has 5 nitrogen and oxygen atoms in total. The third kappa shape index (κ3) is 3.32. The molecule has 6 heteroatoms. The van der Waals surface area contributed by atoms with Gasteiger partial charge in [-0.3, -0.25) is 10.1 Å². The van der Waals surface area contributed by atoms with E-state index in [2.05, 4.69) is 5.32 Å². The maximum atomic E-state index is 10.8. The first-order chi connectivity index (χ1) is 7.86. The minimum absolute atomic E-state index is 0.0103. The van der Waals surface area contributed by atoms with Crippen LogP contribution in [0.5, 0.6) is 0 Å². The zero-order valence-electron chi connectivity index (χ0n) is 9.47. The monoisotopic (exact) mass is 252 g/mol. The zero-order valence-corrected chi connectivity index (χ0v) is 10.3. The molecule has 0 fully saturated rings. The number of nitro benzene ring substituents is 1. The second kappa shape index (κ2) is 5.01. The molecule has 0 spiro atoms. The van der Waals surface area contributed by atoms with E-state index in [1.165, 1.54) is 12.1 Å². The number of hydrogen-bond donors (Lipinski definition) is 1. The van der Waals surface area contributed by atoms with E-state index in [9.17, 15) is 14.9 Å². The highest BCUT2D eigenvalue weighted by Crippen LogP contribution is 2.19. The van der Waals surface area contributed by atoms with Gasteiger partial charge < -0.3 is 10.1 Å². The van der Waals surface area contributed by atoms with Gasteiger partial charge in [0.1, 0.15) is 6.29 Å². The van der Waals surface area contributed by atoms with Crippen LogP contribution in [-0.2, 0) is 4.79 Å². The van der Waals surface area contributed by atoms with E-state index < -0.39 is 10.3 Å². The molecule has 0 aliphatic rings. The molecule has 0 bridgehead atoms.